The molecule has 0 aliphatic heterocycles. The van der Waals surface area contributed by atoms with Crippen LogP contribution in [-0.4, -0.2) is 27.2 Å². The van der Waals surface area contributed by atoms with Crippen LogP contribution >= 0.6 is 35.3 Å². The van der Waals surface area contributed by atoms with E-state index < -0.39 is 15.7 Å². The molecule has 2 rings (SSSR count). The molecule has 0 saturated heterocycles. The monoisotopic (exact) mass is 497 g/mol. The van der Waals surface area contributed by atoms with Crippen molar-refractivity contribution >= 4 is 51.1 Å². The standard InChI is InChI=1S/C16H20FN3O2S2.HI/c1-24(21,22)11-12-4-5-14(17)9-13(12)10-20-16(18)19-7-6-15-3-2-8-23-15;/h2-5,8-9H,6-7,10-11H2,1H3,(H3,18,19,20);1H. The molecule has 0 spiro atoms. The highest BCUT2D eigenvalue weighted by Crippen LogP contribution is 2.15. The lowest BCUT2D eigenvalue weighted by Gasteiger charge is -2.08. The van der Waals surface area contributed by atoms with E-state index >= 15 is 0 Å². The lowest BCUT2D eigenvalue weighted by Crippen LogP contribution is -2.33. The maximum absolute atomic E-state index is 13.4. The minimum absolute atomic E-state index is 0. The van der Waals surface area contributed by atoms with E-state index in [0.29, 0.717) is 17.7 Å². The molecule has 1 aromatic carbocycles. The molecular formula is C16H21FIN3O2S2. The summed E-state index contributed by atoms with van der Waals surface area (Å²) >= 11 is 1.67. The molecule has 25 heavy (non-hydrogen) atoms. The van der Waals surface area contributed by atoms with Crippen LogP contribution in [0, 0.1) is 5.82 Å². The van der Waals surface area contributed by atoms with Gasteiger partial charge in [-0.2, -0.15) is 0 Å². The minimum atomic E-state index is -3.21. The highest BCUT2D eigenvalue weighted by Gasteiger charge is 2.10. The van der Waals surface area contributed by atoms with Crippen molar-refractivity contribution in [1.29, 1.82) is 0 Å². The maximum atomic E-state index is 13.4. The van der Waals surface area contributed by atoms with Crippen molar-refractivity contribution < 1.29 is 12.8 Å². The Morgan fingerprint density at radius 1 is 1.32 bits per heavy atom. The van der Waals surface area contributed by atoms with Gasteiger partial charge in [0.05, 0.1) is 12.3 Å². The minimum Gasteiger partial charge on any atom is -0.370 e. The van der Waals surface area contributed by atoms with Crippen molar-refractivity contribution in [2.24, 2.45) is 10.7 Å². The smallest absolute Gasteiger partial charge is 0.188 e. The van der Waals surface area contributed by atoms with Crippen LogP contribution in [0.4, 0.5) is 4.39 Å². The summed E-state index contributed by atoms with van der Waals surface area (Å²) < 4.78 is 36.3. The Hall–Kier alpha value is -1.20. The van der Waals surface area contributed by atoms with Gasteiger partial charge in [-0.25, -0.2) is 17.8 Å². The summed E-state index contributed by atoms with van der Waals surface area (Å²) in [4.78, 5) is 5.42. The molecular weight excluding hydrogens is 476 g/mol. The van der Waals surface area contributed by atoms with E-state index in [2.05, 4.69) is 10.3 Å². The molecule has 0 saturated carbocycles. The maximum Gasteiger partial charge on any atom is 0.188 e. The first-order valence-corrected chi connectivity index (χ1v) is 10.3. The zero-order chi connectivity index (χ0) is 17.6. The Morgan fingerprint density at radius 3 is 2.72 bits per heavy atom. The number of hydrogen-bond acceptors (Lipinski definition) is 4. The van der Waals surface area contributed by atoms with Gasteiger partial charge in [-0.15, -0.1) is 35.3 Å². The van der Waals surface area contributed by atoms with Gasteiger partial charge in [-0.1, -0.05) is 12.1 Å². The number of guanidine groups is 1. The fraction of sp³-hybridized carbons (Fsp3) is 0.312. The molecule has 5 nitrogen and oxygen atoms in total. The lowest BCUT2D eigenvalue weighted by molar-refractivity contribution is 0.600. The molecule has 0 fully saturated rings. The highest BCUT2D eigenvalue weighted by atomic mass is 127. The molecule has 138 valence electrons. The lowest BCUT2D eigenvalue weighted by atomic mass is 10.1. The molecule has 2 aromatic rings. The van der Waals surface area contributed by atoms with Gasteiger partial charge >= 0.3 is 0 Å². The fourth-order valence-electron chi connectivity index (χ4n) is 2.16. The number of halogens is 2. The molecule has 3 N–H and O–H groups in total. The highest BCUT2D eigenvalue weighted by molar-refractivity contribution is 14.0. The van der Waals surface area contributed by atoms with E-state index in [4.69, 9.17) is 5.73 Å². The van der Waals surface area contributed by atoms with Crippen molar-refractivity contribution in [2.45, 2.75) is 18.7 Å². The Morgan fingerprint density at radius 2 is 2.08 bits per heavy atom. The van der Waals surface area contributed by atoms with Crippen molar-refractivity contribution in [3.63, 3.8) is 0 Å². The van der Waals surface area contributed by atoms with Gasteiger partial charge < -0.3 is 11.1 Å². The average molecular weight is 497 g/mol. The molecule has 9 heteroatoms. The van der Waals surface area contributed by atoms with Gasteiger partial charge in [0.25, 0.3) is 0 Å². The third kappa shape index (κ3) is 8.15. The molecule has 0 bridgehead atoms. The second-order valence-corrected chi connectivity index (χ2v) is 8.61. The normalized spacial score (nSPS) is 11.8. The van der Waals surface area contributed by atoms with Crippen LogP contribution < -0.4 is 11.1 Å². The zero-order valence-electron chi connectivity index (χ0n) is 13.7. The Labute approximate surface area is 168 Å². The van der Waals surface area contributed by atoms with Gasteiger partial charge in [-0.05, 0) is 41.1 Å². The topological polar surface area (TPSA) is 84.5 Å². The van der Waals surface area contributed by atoms with Crippen LogP contribution in [-0.2, 0) is 28.6 Å². The summed E-state index contributed by atoms with van der Waals surface area (Å²) in [5.74, 6) is -0.327. The van der Waals surface area contributed by atoms with Crippen LogP contribution in [0.3, 0.4) is 0 Å². The Bertz CT molecular complexity index is 809. The van der Waals surface area contributed by atoms with Crippen LogP contribution in [0.1, 0.15) is 16.0 Å². The number of aliphatic imine (C=N–C) groups is 1. The van der Waals surface area contributed by atoms with Gasteiger partial charge in [0, 0.05) is 17.7 Å². The van der Waals surface area contributed by atoms with E-state index in [0.717, 1.165) is 12.7 Å². The number of nitrogens with two attached hydrogens (primary N) is 1. The summed E-state index contributed by atoms with van der Waals surface area (Å²) in [6, 6.07) is 8.05. The van der Waals surface area contributed by atoms with E-state index in [1.807, 2.05) is 17.5 Å². The first-order valence-electron chi connectivity index (χ1n) is 7.35. The second-order valence-electron chi connectivity index (χ2n) is 5.44. The predicted molar refractivity (Wildman–Crippen MR) is 112 cm³/mol. The summed E-state index contributed by atoms with van der Waals surface area (Å²) in [5, 5.41) is 5.01. The number of nitrogens with zero attached hydrogens (tertiary/aromatic N) is 1. The SMILES string of the molecule is CS(=O)(=O)Cc1ccc(F)cc1CN=C(N)NCCc1cccs1.I. The van der Waals surface area contributed by atoms with E-state index in [1.54, 1.807) is 11.3 Å². The summed E-state index contributed by atoms with van der Waals surface area (Å²) in [7, 11) is -3.21. The van der Waals surface area contributed by atoms with Crippen molar-refractivity contribution in [1.82, 2.24) is 5.32 Å². The van der Waals surface area contributed by atoms with E-state index in [9.17, 15) is 12.8 Å². The fourth-order valence-corrected chi connectivity index (χ4v) is 3.72. The van der Waals surface area contributed by atoms with Crippen molar-refractivity contribution in [2.75, 3.05) is 12.8 Å². The van der Waals surface area contributed by atoms with Crippen molar-refractivity contribution in [3.05, 3.63) is 57.5 Å². The molecule has 1 heterocycles. The first kappa shape index (κ1) is 21.8. The van der Waals surface area contributed by atoms with Crippen LogP contribution in [0.5, 0.6) is 0 Å². The van der Waals surface area contributed by atoms with Crippen LogP contribution in [0.15, 0.2) is 40.7 Å². The van der Waals surface area contributed by atoms with Gasteiger partial charge in [0.15, 0.2) is 15.8 Å². The molecule has 0 atom stereocenters. The van der Waals surface area contributed by atoms with Crippen LogP contribution in [0.25, 0.3) is 0 Å². The zero-order valence-corrected chi connectivity index (χ0v) is 17.7. The predicted octanol–water partition coefficient (Wildman–Crippen LogP) is 2.70. The van der Waals surface area contributed by atoms with E-state index in [-0.39, 0.29) is 42.2 Å². The quantitative estimate of drug-likeness (QED) is 0.350. The summed E-state index contributed by atoms with van der Waals surface area (Å²) in [6.07, 6.45) is 1.98. The largest absolute Gasteiger partial charge is 0.370 e. The number of sulfone groups is 1. The van der Waals surface area contributed by atoms with Crippen LogP contribution in [0.2, 0.25) is 0 Å². The molecule has 0 aliphatic rings. The van der Waals surface area contributed by atoms with E-state index in [1.165, 1.54) is 23.1 Å². The Kier molecular flexibility index (Phi) is 8.80. The molecule has 0 aliphatic carbocycles. The third-order valence-corrected chi connectivity index (χ3v) is 5.03. The third-order valence-electron chi connectivity index (χ3n) is 3.26. The number of nitrogens with one attached hydrogen (secondary N) is 1. The molecule has 1 aromatic heterocycles. The van der Waals surface area contributed by atoms with Crippen molar-refractivity contribution in [3.8, 4) is 0 Å². The molecule has 0 unspecified atom stereocenters. The molecule has 0 amide bonds. The van der Waals surface area contributed by atoms with Gasteiger partial charge in [-0.3, -0.25) is 0 Å². The Balaban J connectivity index is 0.00000312. The summed E-state index contributed by atoms with van der Waals surface area (Å²) in [6.45, 7) is 0.773. The molecule has 0 radical (unpaired) electrons. The number of benzene rings is 1. The first-order chi connectivity index (χ1) is 11.3. The van der Waals surface area contributed by atoms with Gasteiger partial charge in [0.2, 0.25) is 0 Å². The average Bonchev–Trinajstić information content (AvgIpc) is 2.99. The number of thiophene rings is 1. The number of hydrogen-bond donors (Lipinski definition) is 2. The number of rotatable bonds is 7. The second kappa shape index (κ2) is 10.1. The van der Waals surface area contributed by atoms with Gasteiger partial charge in [0.1, 0.15) is 5.82 Å². The summed E-state index contributed by atoms with van der Waals surface area (Å²) in [5.41, 5.74) is 6.86.